The minimum absolute atomic E-state index is 0.153. The molecule has 0 aliphatic carbocycles. The lowest BCUT2D eigenvalue weighted by Crippen LogP contribution is -2.41. The van der Waals surface area contributed by atoms with Gasteiger partial charge in [0.2, 0.25) is 5.91 Å². The van der Waals surface area contributed by atoms with Crippen molar-refractivity contribution in [3.05, 3.63) is 58.9 Å². The summed E-state index contributed by atoms with van der Waals surface area (Å²) in [7, 11) is 1.55. The van der Waals surface area contributed by atoms with Gasteiger partial charge in [0, 0.05) is 0 Å². The van der Waals surface area contributed by atoms with Crippen LogP contribution in [0.5, 0.6) is 11.5 Å². The molecule has 3 rings (SSSR count). The number of aliphatic carboxylic acids is 1. The Morgan fingerprint density at radius 1 is 1.30 bits per heavy atom. The molecule has 6 nitrogen and oxygen atoms in total. The molecule has 1 amide bonds. The van der Waals surface area contributed by atoms with E-state index in [1.54, 1.807) is 32.2 Å². The lowest BCUT2D eigenvalue weighted by atomic mass is 9.95. The third-order valence-electron chi connectivity index (χ3n) is 4.59. The Balaban J connectivity index is 1.76. The summed E-state index contributed by atoms with van der Waals surface area (Å²) >= 11 is 0. The fourth-order valence-corrected chi connectivity index (χ4v) is 3.06. The molecule has 0 radical (unpaired) electrons. The maximum absolute atomic E-state index is 13.5. The Bertz CT molecular complexity index is 883. The van der Waals surface area contributed by atoms with E-state index in [1.165, 1.54) is 18.2 Å². The van der Waals surface area contributed by atoms with E-state index in [0.29, 0.717) is 29.0 Å². The van der Waals surface area contributed by atoms with Crippen LogP contribution in [0.3, 0.4) is 0 Å². The van der Waals surface area contributed by atoms with E-state index in [-0.39, 0.29) is 6.61 Å². The van der Waals surface area contributed by atoms with Crippen LogP contribution in [-0.4, -0.2) is 30.7 Å². The number of carboxylic acids is 1. The largest absolute Gasteiger partial charge is 0.497 e. The zero-order valence-electron chi connectivity index (χ0n) is 15.0. The molecule has 0 fully saturated rings. The fourth-order valence-electron chi connectivity index (χ4n) is 3.06. The van der Waals surface area contributed by atoms with Crippen molar-refractivity contribution in [1.29, 1.82) is 0 Å². The fraction of sp³-hybridized carbons (Fsp3) is 0.300. The SMILES string of the molecule is COc1ccc2c(c1)CC(C(=O)NC(C(=O)O)c1ccc(F)c(C)c1)CO2. The minimum Gasteiger partial charge on any atom is -0.497 e. The normalized spacial score (nSPS) is 16.6. The van der Waals surface area contributed by atoms with E-state index in [0.717, 1.165) is 5.56 Å². The molecule has 142 valence electrons. The minimum atomic E-state index is -1.26. The summed E-state index contributed by atoms with van der Waals surface area (Å²) in [6, 6.07) is 8.07. The summed E-state index contributed by atoms with van der Waals surface area (Å²) in [4.78, 5) is 24.3. The molecule has 7 heteroatoms. The summed E-state index contributed by atoms with van der Waals surface area (Å²) in [5.41, 5.74) is 1.45. The molecule has 0 saturated heterocycles. The highest BCUT2D eigenvalue weighted by molar-refractivity contribution is 5.86. The van der Waals surface area contributed by atoms with E-state index in [4.69, 9.17) is 9.47 Å². The van der Waals surface area contributed by atoms with Crippen molar-refractivity contribution in [1.82, 2.24) is 5.32 Å². The van der Waals surface area contributed by atoms with Gasteiger partial charge in [0.25, 0.3) is 0 Å². The van der Waals surface area contributed by atoms with Crippen LogP contribution in [0.1, 0.15) is 22.7 Å². The first-order valence-corrected chi connectivity index (χ1v) is 8.48. The van der Waals surface area contributed by atoms with Gasteiger partial charge in [-0.3, -0.25) is 4.79 Å². The molecule has 2 aromatic rings. The number of ether oxygens (including phenoxy) is 2. The van der Waals surface area contributed by atoms with Gasteiger partial charge < -0.3 is 19.9 Å². The molecule has 27 heavy (non-hydrogen) atoms. The number of halogens is 1. The molecular weight excluding hydrogens is 353 g/mol. The molecule has 0 bridgehead atoms. The molecule has 1 aliphatic rings. The van der Waals surface area contributed by atoms with E-state index in [9.17, 15) is 19.1 Å². The van der Waals surface area contributed by atoms with Crippen molar-refractivity contribution >= 4 is 11.9 Å². The second-order valence-corrected chi connectivity index (χ2v) is 6.47. The topological polar surface area (TPSA) is 84.9 Å². The quantitative estimate of drug-likeness (QED) is 0.842. The summed E-state index contributed by atoms with van der Waals surface area (Å²) in [6.07, 6.45) is 0.410. The van der Waals surface area contributed by atoms with Gasteiger partial charge in [-0.2, -0.15) is 0 Å². The highest BCUT2D eigenvalue weighted by atomic mass is 19.1. The van der Waals surface area contributed by atoms with Crippen molar-refractivity contribution in [3.63, 3.8) is 0 Å². The van der Waals surface area contributed by atoms with Crippen LogP contribution in [0.2, 0.25) is 0 Å². The molecule has 0 spiro atoms. The number of aryl methyl sites for hydroxylation is 1. The zero-order chi connectivity index (χ0) is 19.6. The lowest BCUT2D eigenvalue weighted by molar-refractivity contribution is -0.143. The van der Waals surface area contributed by atoms with Crippen LogP contribution in [0.4, 0.5) is 4.39 Å². The number of nitrogens with one attached hydrogen (secondary N) is 1. The van der Waals surface area contributed by atoms with Crippen LogP contribution in [0.15, 0.2) is 36.4 Å². The van der Waals surface area contributed by atoms with Gasteiger partial charge in [0.05, 0.1) is 13.0 Å². The molecule has 2 aromatic carbocycles. The average Bonchev–Trinajstić information content (AvgIpc) is 2.67. The number of fused-ring (bicyclic) bond motifs is 1. The Morgan fingerprint density at radius 3 is 2.74 bits per heavy atom. The van der Waals surface area contributed by atoms with Crippen LogP contribution in [0, 0.1) is 18.7 Å². The Labute approximate surface area is 155 Å². The first-order chi connectivity index (χ1) is 12.9. The Kier molecular flexibility index (Phi) is 5.30. The van der Waals surface area contributed by atoms with Crippen LogP contribution < -0.4 is 14.8 Å². The van der Waals surface area contributed by atoms with Crippen LogP contribution >= 0.6 is 0 Å². The van der Waals surface area contributed by atoms with Crippen molar-refractivity contribution in [3.8, 4) is 11.5 Å². The summed E-state index contributed by atoms with van der Waals surface area (Å²) in [5, 5.41) is 12.0. The molecule has 2 unspecified atom stereocenters. The molecule has 0 saturated carbocycles. The van der Waals surface area contributed by atoms with E-state index < -0.39 is 29.7 Å². The molecular formula is C20H20FNO5. The number of rotatable bonds is 5. The first-order valence-electron chi connectivity index (χ1n) is 8.48. The smallest absolute Gasteiger partial charge is 0.330 e. The Hall–Kier alpha value is -3.09. The Morgan fingerprint density at radius 2 is 2.07 bits per heavy atom. The summed E-state index contributed by atoms with van der Waals surface area (Å²) in [6.45, 7) is 1.69. The predicted molar refractivity (Wildman–Crippen MR) is 95.3 cm³/mol. The van der Waals surface area contributed by atoms with Gasteiger partial charge in [0.15, 0.2) is 6.04 Å². The number of carboxylic acid groups (broad SMARTS) is 1. The molecule has 1 heterocycles. The van der Waals surface area contributed by atoms with Gasteiger partial charge >= 0.3 is 5.97 Å². The van der Waals surface area contributed by atoms with Gasteiger partial charge in [0.1, 0.15) is 23.9 Å². The average molecular weight is 373 g/mol. The van der Waals surface area contributed by atoms with Gasteiger partial charge in [-0.25, -0.2) is 9.18 Å². The van der Waals surface area contributed by atoms with Crippen molar-refractivity contribution in [2.45, 2.75) is 19.4 Å². The monoisotopic (exact) mass is 373 g/mol. The summed E-state index contributed by atoms with van der Waals surface area (Å²) in [5.74, 6) is -1.27. The molecule has 0 aromatic heterocycles. The standard InChI is InChI=1S/C20H20FNO5/c1-11-7-12(3-5-16(11)21)18(20(24)25)22-19(23)14-8-13-9-15(26-2)4-6-17(13)27-10-14/h3-7,9,14,18H,8,10H2,1-2H3,(H,22,23)(H,24,25). The lowest BCUT2D eigenvalue weighted by Gasteiger charge is -2.26. The number of carbonyl (C=O) groups excluding carboxylic acids is 1. The maximum atomic E-state index is 13.5. The first kappa shape index (κ1) is 18.7. The maximum Gasteiger partial charge on any atom is 0.330 e. The number of hydrogen-bond donors (Lipinski definition) is 2. The van der Waals surface area contributed by atoms with Crippen molar-refractivity contribution < 1.29 is 28.6 Å². The third-order valence-corrected chi connectivity index (χ3v) is 4.59. The van der Waals surface area contributed by atoms with Crippen LogP contribution in [0.25, 0.3) is 0 Å². The zero-order valence-corrected chi connectivity index (χ0v) is 15.0. The number of methoxy groups -OCH3 is 1. The number of amides is 1. The molecule has 2 atom stereocenters. The summed E-state index contributed by atoms with van der Waals surface area (Å²) < 4.78 is 24.3. The van der Waals surface area contributed by atoms with Gasteiger partial charge in [-0.05, 0) is 54.3 Å². The van der Waals surface area contributed by atoms with Crippen molar-refractivity contribution in [2.75, 3.05) is 13.7 Å². The highest BCUT2D eigenvalue weighted by Crippen LogP contribution is 2.31. The molecule has 2 N–H and O–H groups in total. The van der Waals surface area contributed by atoms with Gasteiger partial charge in [-0.15, -0.1) is 0 Å². The van der Waals surface area contributed by atoms with Crippen LogP contribution in [-0.2, 0) is 16.0 Å². The molecule has 1 aliphatic heterocycles. The second-order valence-electron chi connectivity index (χ2n) is 6.47. The van der Waals surface area contributed by atoms with E-state index in [1.807, 2.05) is 0 Å². The van der Waals surface area contributed by atoms with E-state index >= 15 is 0 Å². The second kappa shape index (κ2) is 7.65. The van der Waals surface area contributed by atoms with E-state index in [2.05, 4.69) is 5.32 Å². The number of carbonyl (C=O) groups is 2. The number of hydrogen-bond acceptors (Lipinski definition) is 4. The van der Waals surface area contributed by atoms with Gasteiger partial charge in [-0.1, -0.05) is 12.1 Å². The highest BCUT2D eigenvalue weighted by Gasteiger charge is 2.30. The number of benzene rings is 2. The van der Waals surface area contributed by atoms with Crippen molar-refractivity contribution in [2.24, 2.45) is 5.92 Å². The third kappa shape index (κ3) is 4.02. The predicted octanol–water partition coefficient (Wildman–Crippen LogP) is 2.64.